The molecule has 0 aliphatic heterocycles. The van der Waals surface area contributed by atoms with Crippen molar-refractivity contribution in [3.05, 3.63) is 69.9 Å². The summed E-state index contributed by atoms with van der Waals surface area (Å²) in [5.74, 6) is 0.336. The predicted molar refractivity (Wildman–Crippen MR) is 94.8 cm³/mol. The lowest BCUT2D eigenvalue weighted by Crippen LogP contribution is -2.19. The summed E-state index contributed by atoms with van der Waals surface area (Å²) in [4.78, 5) is 23.9. The summed E-state index contributed by atoms with van der Waals surface area (Å²) in [6, 6.07) is 10.3. The number of nitrogens with one attached hydrogen (secondary N) is 1. The first-order valence-electron chi connectivity index (χ1n) is 7.35. The summed E-state index contributed by atoms with van der Waals surface area (Å²) >= 11 is 5.84. The topological polar surface area (TPSA) is 78.1 Å². The average molecular weight is 359 g/mol. The molecule has 1 aromatic carbocycles. The number of ether oxygens (including phenoxy) is 1. The average Bonchev–Trinajstić information content (AvgIpc) is 3.10. The van der Waals surface area contributed by atoms with Crippen LogP contribution in [0.4, 0.5) is 5.69 Å². The summed E-state index contributed by atoms with van der Waals surface area (Å²) in [6.45, 7) is 0. The number of pyridine rings is 1. The number of carbonyl (C=O) groups excluding carboxylic acids is 1. The number of methoxy groups -OCH3 is 1. The van der Waals surface area contributed by atoms with Gasteiger partial charge in [-0.2, -0.15) is 5.10 Å². The molecule has 2 aromatic heterocycles. The number of benzene rings is 1. The van der Waals surface area contributed by atoms with E-state index in [1.165, 1.54) is 16.8 Å². The van der Waals surface area contributed by atoms with E-state index >= 15 is 0 Å². The second-order valence-electron chi connectivity index (χ2n) is 5.29. The first-order chi connectivity index (χ1) is 12.0. The van der Waals surface area contributed by atoms with Crippen molar-refractivity contribution in [3.63, 3.8) is 0 Å². The van der Waals surface area contributed by atoms with E-state index in [-0.39, 0.29) is 16.3 Å². The third-order valence-corrected chi connectivity index (χ3v) is 3.83. The standard InChI is InChI=1S/C17H15ClN4O3/c1-21-10-11(9-14(18)17(21)24)19-16(23)15-7-8-22(20-15)12-3-5-13(25-2)6-4-12/h3-10H,1-2H3,(H,19,23). The Morgan fingerprint density at radius 1 is 1.24 bits per heavy atom. The summed E-state index contributed by atoms with van der Waals surface area (Å²) in [7, 11) is 3.15. The van der Waals surface area contributed by atoms with E-state index < -0.39 is 5.91 Å². The largest absolute Gasteiger partial charge is 0.497 e. The van der Waals surface area contributed by atoms with E-state index in [9.17, 15) is 9.59 Å². The molecule has 0 radical (unpaired) electrons. The van der Waals surface area contributed by atoms with Gasteiger partial charge in [0.2, 0.25) is 0 Å². The van der Waals surface area contributed by atoms with Gasteiger partial charge < -0.3 is 14.6 Å². The normalized spacial score (nSPS) is 10.5. The van der Waals surface area contributed by atoms with Crippen molar-refractivity contribution in [1.29, 1.82) is 0 Å². The lowest BCUT2D eigenvalue weighted by molar-refractivity contribution is 0.102. The summed E-state index contributed by atoms with van der Waals surface area (Å²) < 4.78 is 8.00. The summed E-state index contributed by atoms with van der Waals surface area (Å²) in [5, 5.41) is 6.96. The SMILES string of the molecule is COc1ccc(-n2ccc(C(=O)Nc3cc(Cl)c(=O)n(C)c3)n2)cc1. The molecule has 0 spiro atoms. The fourth-order valence-corrected chi connectivity index (χ4v) is 2.51. The van der Waals surface area contributed by atoms with Crippen LogP contribution in [0.5, 0.6) is 5.75 Å². The van der Waals surface area contributed by atoms with Crippen LogP contribution in [0.1, 0.15) is 10.5 Å². The molecule has 1 N–H and O–H groups in total. The molecule has 3 aromatic rings. The lowest BCUT2D eigenvalue weighted by Gasteiger charge is -2.06. The van der Waals surface area contributed by atoms with Gasteiger partial charge in [0.25, 0.3) is 11.5 Å². The molecule has 0 bridgehead atoms. The summed E-state index contributed by atoms with van der Waals surface area (Å²) in [6.07, 6.45) is 3.18. The van der Waals surface area contributed by atoms with Gasteiger partial charge in [-0.05, 0) is 36.4 Å². The van der Waals surface area contributed by atoms with E-state index in [1.54, 1.807) is 31.1 Å². The molecule has 0 fully saturated rings. The van der Waals surface area contributed by atoms with Crippen molar-refractivity contribution in [3.8, 4) is 11.4 Å². The van der Waals surface area contributed by atoms with Crippen LogP contribution in [-0.2, 0) is 7.05 Å². The number of hydrogen-bond donors (Lipinski definition) is 1. The van der Waals surface area contributed by atoms with Gasteiger partial charge in [-0.1, -0.05) is 11.6 Å². The van der Waals surface area contributed by atoms with Crippen molar-refractivity contribution in [2.45, 2.75) is 0 Å². The Morgan fingerprint density at radius 2 is 1.96 bits per heavy atom. The number of carbonyl (C=O) groups is 1. The molecular weight excluding hydrogens is 344 g/mol. The molecule has 1 amide bonds. The Balaban J connectivity index is 1.79. The van der Waals surface area contributed by atoms with Gasteiger partial charge in [0, 0.05) is 19.4 Å². The van der Waals surface area contributed by atoms with Crippen molar-refractivity contribution in [2.24, 2.45) is 7.05 Å². The minimum absolute atomic E-state index is 0.0315. The van der Waals surface area contributed by atoms with E-state index in [0.717, 1.165) is 11.4 Å². The molecule has 25 heavy (non-hydrogen) atoms. The predicted octanol–water partition coefficient (Wildman–Crippen LogP) is 2.49. The quantitative estimate of drug-likeness (QED) is 0.777. The van der Waals surface area contributed by atoms with Crippen molar-refractivity contribution in [2.75, 3.05) is 12.4 Å². The van der Waals surface area contributed by atoms with Gasteiger partial charge in [0.1, 0.15) is 10.8 Å². The summed E-state index contributed by atoms with van der Waals surface area (Å²) in [5.41, 5.74) is 1.12. The molecule has 2 heterocycles. The zero-order valence-corrected chi connectivity index (χ0v) is 14.3. The highest BCUT2D eigenvalue weighted by Crippen LogP contribution is 2.15. The van der Waals surface area contributed by atoms with Crippen LogP contribution in [-0.4, -0.2) is 27.4 Å². The molecule has 0 aliphatic carbocycles. The van der Waals surface area contributed by atoms with Crippen molar-refractivity contribution in [1.82, 2.24) is 14.3 Å². The van der Waals surface area contributed by atoms with Crippen LogP contribution in [0.25, 0.3) is 5.69 Å². The molecule has 0 saturated carbocycles. The Kier molecular flexibility index (Phi) is 4.58. The maximum absolute atomic E-state index is 12.3. The van der Waals surface area contributed by atoms with Crippen LogP contribution in [0, 0.1) is 0 Å². The molecule has 0 saturated heterocycles. The molecule has 0 aliphatic rings. The van der Waals surface area contributed by atoms with E-state index in [0.29, 0.717) is 5.69 Å². The number of amides is 1. The zero-order chi connectivity index (χ0) is 18.0. The Bertz CT molecular complexity index is 950. The molecule has 128 valence electrons. The van der Waals surface area contributed by atoms with Gasteiger partial charge in [-0.15, -0.1) is 0 Å². The van der Waals surface area contributed by atoms with Gasteiger partial charge in [0.05, 0.1) is 18.5 Å². The third kappa shape index (κ3) is 3.56. The Morgan fingerprint density at radius 3 is 2.60 bits per heavy atom. The minimum Gasteiger partial charge on any atom is -0.497 e. The van der Waals surface area contributed by atoms with E-state index in [2.05, 4.69) is 10.4 Å². The highest BCUT2D eigenvalue weighted by atomic mass is 35.5. The first kappa shape index (κ1) is 16.8. The highest BCUT2D eigenvalue weighted by Gasteiger charge is 2.12. The highest BCUT2D eigenvalue weighted by molar-refractivity contribution is 6.30. The maximum Gasteiger partial charge on any atom is 0.276 e. The van der Waals surface area contributed by atoms with Crippen LogP contribution >= 0.6 is 11.6 Å². The van der Waals surface area contributed by atoms with Crippen molar-refractivity contribution >= 4 is 23.2 Å². The smallest absolute Gasteiger partial charge is 0.276 e. The van der Waals surface area contributed by atoms with Crippen molar-refractivity contribution < 1.29 is 9.53 Å². The fourth-order valence-electron chi connectivity index (χ4n) is 2.26. The van der Waals surface area contributed by atoms with Gasteiger partial charge in [0.15, 0.2) is 5.69 Å². The van der Waals surface area contributed by atoms with Crippen LogP contribution in [0.2, 0.25) is 5.02 Å². The maximum atomic E-state index is 12.3. The molecule has 3 rings (SSSR count). The second-order valence-corrected chi connectivity index (χ2v) is 5.70. The van der Waals surface area contributed by atoms with E-state index in [1.807, 2.05) is 24.3 Å². The molecule has 7 nitrogen and oxygen atoms in total. The number of nitrogens with zero attached hydrogens (tertiary/aromatic N) is 3. The zero-order valence-electron chi connectivity index (χ0n) is 13.6. The third-order valence-electron chi connectivity index (χ3n) is 3.56. The minimum atomic E-state index is -0.401. The second kappa shape index (κ2) is 6.82. The number of halogens is 1. The first-order valence-corrected chi connectivity index (χ1v) is 7.73. The number of hydrogen-bond acceptors (Lipinski definition) is 4. The lowest BCUT2D eigenvalue weighted by atomic mass is 10.3. The number of aromatic nitrogens is 3. The van der Waals surface area contributed by atoms with Gasteiger partial charge in [-0.3, -0.25) is 9.59 Å². The molecule has 8 heteroatoms. The van der Waals surface area contributed by atoms with Crippen LogP contribution in [0.15, 0.2) is 53.6 Å². The number of aryl methyl sites for hydroxylation is 1. The number of anilines is 1. The fraction of sp³-hybridized carbons (Fsp3) is 0.118. The number of rotatable bonds is 4. The Labute approximate surface area is 148 Å². The van der Waals surface area contributed by atoms with E-state index in [4.69, 9.17) is 16.3 Å². The monoisotopic (exact) mass is 358 g/mol. The molecule has 0 atom stereocenters. The molecular formula is C17H15ClN4O3. The van der Waals surface area contributed by atoms with Crippen LogP contribution < -0.4 is 15.6 Å². The van der Waals surface area contributed by atoms with Gasteiger partial charge >= 0.3 is 0 Å². The van der Waals surface area contributed by atoms with Crippen LogP contribution in [0.3, 0.4) is 0 Å². The van der Waals surface area contributed by atoms with Gasteiger partial charge in [-0.25, -0.2) is 4.68 Å². The Hall–Kier alpha value is -3.06. The molecule has 0 unspecified atom stereocenters.